The predicted molar refractivity (Wildman–Crippen MR) is 119 cm³/mol. The molecule has 4 rings (SSSR count). The van der Waals surface area contributed by atoms with Gasteiger partial charge in [-0.25, -0.2) is 0 Å². The van der Waals surface area contributed by atoms with Crippen molar-refractivity contribution in [3.8, 4) is 40.2 Å². The van der Waals surface area contributed by atoms with E-state index >= 15 is 0 Å². The summed E-state index contributed by atoms with van der Waals surface area (Å²) in [5.41, 5.74) is 1.09. The van der Waals surface area contributed by atoms with Crippen molar-refractivity contribution in [3.63, 3.8) is 0 Å². The summed E-state index contributed by atoms with van der Waals surface area (Å²) in [6.07, 6.45) is 0. The molecule has 1 aromatic heterocycles. The number of hydrogen-bond donors (Lipinski definition) is 7. The smallest absolute Gasteiger partial charge is 0.149 e. The van der Waals surface area contributed by atoms with Gasteiger partial charge in [-0.15, -0.1) is 12.6 Å². The molecule has 28 heavy (non-hydrogen) atoms. The highest BCUT2D eigenvalue weighted by Gasteiger charge is 2.24. The Kier molecular flexibility index (Phi) is 4.16. The van der Waals surface area contributed by atoms with Gasteiger partial charge in [0.1, 0.15) is 42.3 Å². The lowest BCUT2D eigenvalue weighted by molar-refractivity contribution is 0.433. The molecular formula is C18H13BINO6S. The molecule has 1 heterocycles. The number of halogens is 1. The summed E-state index contributed by atoms with van der Waals surface area (Å²) in [4.78, 5) is -0.0648. The van der Waals surface area contributed by atoms with E-state index in [1.54, 1.807) is 22.6 Å². The molecule has 0 bridgehead atoms. The normalized spacial score (nSPS) is 11.5. The lowest BCUT2D eigenvalue weighted by Gasteiger charge is -2.12. The van der Waals surface area contributed by atoms with E-state index in [4.69, 9.17) is 0 Å². The van der Waals surface area contributed by atoms with Gasteiger partial charge in [0.2, 0.25) is 0 Å². The highest BCUT2D eigenvalue weighted by atomic mass is 127. The highest BCUT2D eigenvalue weighted by molar-refractivity contribution is 14.1. The van der Waals surface area contributed by atoms with Crippen LogP contribution < -0.4 is 5.46 Å². The summed E-state index contributed by atoms with van der Waals surface area (Å²) in [6, 6.07) is 5.51. The zero-order valence-electron chi connectivity index (χ0n) is 14.3. The minimum atomic E-state index is -0.346. The Labute approximate surface area is 178 Å². The maximum absolute atomic E-state index is 10.7. The monoisotopic (exact) mass is 509 g/mol. The van der Waals surface area contributed by atoms with Crippen molar-refractivity contribution in [2.45, 2.75) is 4.90 Å². The number of fused-ring (bicyclic) bond motifs is 3. The number of rotatable bonds is 1. The summed E-state index contributed by atoms with van der Waals surface area (Å²) >= 11 is 5.90. The maximum atomic E-state index is 10.7. The highest BCUT2D eigenvalue weighted by Crippen LogP contribution is 2.47. The molecule has 6 N–H and O–H groups in total. The number of phenols is 6. The average molecular weight is 509 g/mol. The van der Waals surface area contributed by atoms with Crippen LogP contribution in [0.4, 0.5) is 0 Å². The summed E-state index contributed by atoms with van der Waals surface area (Å²) in [5.74, 6) is -1.41. The fourth-order valence-corrected chi connectivity index (χ4v) is 3.82. The summed E-state index contributed by atoms with van der Waals surface area (Å²) < 4.78 is 1.75. The molecule has 10 heteroatoms. The molecule has 0 unspecified atom stereocenters. The largest absolute Gasteiger partial charge is 0.508 e. The molecule has 0 aliphatic heterocycles. The second kappa shape index (κ2) is 6.21. The average Bonchev–Trinajstić information content (AvgIpc) is 2.95. The van der Waals surface area contributed by atoms with Crippen molar-refractivity contribution in [1.29, 1.82) is 0 Å². The Morgan fingerprint density at radius 2 is 1.25 bits per heavy atom. The molecule has 0 aliphatic rings. The minimum absolute atomic E-state index is 0.0648. The van der Waals surface area contributed by atoms with Gasteiger partial charge in [0.15, 0.2) is 0 Å². The summed E-state index contributed by atoms with van der Waals surface area (Å²) in [7, 11) is 1.52. The van der Waals surface area contributed by atoms with Crippen LogP contribution in [0.15, 0.2) is 29.2 Å². The Bertz CT molecular complexity index is 1230. The molecule has 0 radical (unpaired) electrons. The predicted octanol–water partition coefficient (Wildman–Crippen LogP) is 2.17. The molecule has 142 valence electrons. The summed E-state index contributed by atoms with van der Waals surface area (Å²) in [6.45, 7) is 0. The number of benzene rings is 3. The van der Waals surface area contributed by atoms with E-state index in [-0.39, 0.29) is 64.7 Å². The second-order valence-electron chi connectivity index (χ2n) is 6.38. The number of thiol groups is 1. The molecule has 4 aromatic rings. The van der Waals surface area contributed by atoms with Gasteiger partial charge in [0.05, 0.1) is 36.0 Å². The maximum Gasteiger partial charge on any atom is 0.149 e. The number of hydrogen-bond acceptors (Lipinski definition) is 7. The van der Waals surface area contributed by atoms with Crippen molar-refractivity contribution in [1.82, 2.24) is 4.57 Å². The number of aromatic hydroxyl groups is 6. The molecule has 0 saturated carbocycles. The van der Waals surface area contributed by atoms with Crippen molar-refractivity contribution >= 4 is 70.3 Å². The van der Waals surface area contributed by atoms with E-state index in [1.807, 2.05) is 0 Å². The SMILES string of the molecule is Bc1c(O)cc2c(c1O)c1c(O)c(S)c(O)cc1n2-c1cc(O)c(I)c(O)c1. The van der Waals surface area contributed by atoms with E-state index in [1.165, 1.54) is 36.7 Å². The number of nitrogens with zero attached hydrogens (tertiary/aromatic N) is 1. The van der Waals surface area contributed by atoms with Crippen molar-refractivity contribution in [3.05, 3.63) is 27.8 Å². The van der Waals surface area contributed by atoms with Crippen LogP contribution in [0.2, 0.25) is 0 Å². The standard InChI is InChI=1S/C18H13BINO6S/c19-14-8(22)3-6-12(16(14)26)13-7(4-11(25)18(28)17(13)27)21(6)5-1-9(23)15(20)10(24)2-5/h1-4,22-28H,19H2. The van der Waals surface area contributed by atoms with Gasteiger partial charge in [-0.05, 0) is 28.1 Å². The second-order valence-corrected chi connectivity index (χ2v) is 7.91. The molecule has 0 saturated heterocycles. The molecule has 0 atom stereocenters. The van der Waals surface area contributed by atoms with Crippen LogP contribution in [0.1, 0.15) is 0 Å². The van der Waals surface area contributed by atoms with Crippen LogP contribution in [0, 0.1) is 3.57 Å². The minimum Gasteiger partial charge on any atom is -0.508 e. The van der Waals surface area contributed by atoms with Gasteiger partial charge < -0.3 is 35.2 Å². The Morgan fingerprint density at radius 1 is 0.750 bits per heavy atom. The zero-order chi connectivity index (χ0) is 20.5. The van der Waals surface area contributed by atoms with Crippen LogP contribution in [0.25, 0.3) is 27.5 Å². The van der Waals surface area contributed by atoms with Gasteiger partial charge in [0.25, 0.3) is 0 Å². The van der Waals surface area contributed by atoms with Crippen LogP contribution in [-0.4, -0.2) is 43.1 Å². The zero-order valence-corrected chi connectivity index (χ0v) is 17.3. The Balaban J connectivity index is 2.32. The van der Waals surface area contributed by atoms with Crippen molar-refractivity contribution in [2.24, 2.45) is 0 Å². The van der Waals surface area contributed by atoms with Crippen LogP contribution in [0.3, 0.4) is 0 Å². The van der Waals surface area contributed by atoms with E-state index < -0.39 is 0 Å². The molecule has 3 aromatic carbocycles. The van der Waals surface area contributed by atoms with Gasteiger partial charge in [-0.2, -0.15) is 0 Å². The number of aromatic nitrogens is 1. The van der Waals surface area contributed by atoms with Crippen LogP contribution in [0.5, 0.6) is 34.5 Å². The first-order valence-electron chi connectivity index (χ1n) is 7.98. The fraction of sp³-hybridized carbons (Fsp3) is 0. The Morgan fingerprint density at radius 3 is 1.82 bits per heavy atom. The van der Waals surface area contributed by atoms with Gasteiger partial charge in [-0.3, -0.25) is 0 Å². The molecule has 0 amide bonds. The lowest BCUT2D eigenvalue weighted by atomic mass is 9.91. The third-order valence-electron chi connectivity index (χ3n) is 4.75. The van der Waals surface area contributed by atoms with E-state index in [0.29, 0.717) is 11.2 Å². The third-order valence-corrected chi connectivity index (χ3v) is 6.29. The van der Waals surface area contributed by atoms with Crippen LogP contribution >= 0.6 is 35.2 Å². The van der Waals surface area contributed by atoms with Gasteiger partial charge in [0, 0.05) is 24.3 Å². The van der Waals surface area contributed by atoms with E-state index in [0.717, 1.165) is 0 Å². The first kappa shape index (κ1) is 18.8. The molecule has 7 nitrogen and oxygen atoms in total. The topological polar surface area (TPSA) is 126 Å². The van der Waals surface area contributed by atoms with Gasteiger partial charge in [-0.1, -0.05) is 0 Å². The van der Waals surface area contributed by atoms with E-state index in [2.05, 4.69) is 12.6 Å². The fourth-order valence-electron chi connectivity index (χ4n) is 3.33. The quantitative estimate of drug-likeness (QED) is 0.120. The number of phenolic OH excluding ortho intramolecular Hbond substituents is 6. The lowest BCUT2D eigenvalue weighted by Crippen LogP contribution is -2.04. The molecule has 0 aliphatic carbocycles. The van der Waals surface area contributed by atoms with Crippen LogP contribution in [-0.2, 0) is 0 Å². The molecule has 0 spiro atoms. The summed E-state index contributed by atoms with van der Waals surface area (Å²) in [5, 5.41) is 62.4. The molecular weight excluding hydrogens is 496 g/mol. The first-order chi connectivity index (χ1) is 13.1. The molecule has 0 fully saturated rings. The van der Waals surface area contributed by atoms with Crippen molar-refractivity contribution < 1.29 is 30.6 Å². The van der Waals surface area contributed by atoms with Crippen molar-refractivity contribution in [2.75, 3.05) is 0 Å². The van der Waals surface area contributed by atoms with Gasteiger partial charge >= 0.3 is 0 Å². The third kappa shape index (κ3) is 2.44. The first-order valence-corrected chi connectivity index (χ1v) is 9.51. The Hall–Kier alpha value is -2.60. The van der Waals surface area contributed by atoms with E-state index in [9.17, 15) is 30.6 Å².